The molecule has 0 aliphatic rings. The number of benzene rings is 2. The maximum absolute atomic E-state index is 11.2. The van der Waals surface area contributed by atoms with Crippen LogP contribution < -0.4 is 34.3 Å². The summed E-state index contributed by atoms with van der Waals surface area (Å²) >= 11 is 0. The van der Waals surface area contributed by atoms with Crippen LogP contribution in [0.1, 0.15) is 11.1 Å². The second-order valence-electron chi connectivity index (χ2n) is 4.25. The van der Waals surface area contributed by atoms with Crippen LogP contribution in [0.2, 0.25) is 0 Å². The molecule has 0 aliphatic carbocycles. The summed E-state index contributed by atoms with van der Waals surface area (Å²) in [7, 11) is -3.43. The summed E-state index contributed by atoms with van der Waals surface area (Å²) in [5.74, 6) is -0.271. The fourth-order valence-electron chi connectivity index (χ4n) is 1.90. The average Bonchev–Trinajstić information content (AvgIpc) is 2.40. The van der Waals surface area contributed by atoms with Crippen molar-refractivity contribution in [2.24, 2.45) is 0 Å². The van der Waals surface area contributed by atoms with Crippen LogP contribution in [-0.2, 0) is 16.5 Å². The van der Waals surface area contributed by atoms with E-state index in [0.717, 1.165) is 17.7 Å². The summed E-state index contributed by atoms with van der Waals surface area (Å²) in [5, 5.41) is 9.90. The second kappa shape index (κ2) is 7.29. The SMILES string of the molecule is COc1cc(O)c(Cc2ccccc2)cc1S(=O)(=O)[O-].[Na+]. The number of hydrogen-bond acceptors (Lipinski definition) is 5. The first kappa shape index (κ1) is 18.0. The Morgan fingerprint density at radius 1 is 1.19 bits per heavy atom. The summed E-state index contributed by atoms with van der Waals surface area (Å²) in [6, 6.07) is 11.5. The van der Waals surface area contributed by atoms with Gasteiger partial charge in [0.15, 0.2) is 0 Å². The van der Waals surface area contributed by atoms with E-state index < -0.39 is 15.0 Å². The van der Waals surface area contributed by atoms with Gasteiger partial charge in [0.25, 0.3) is 0 Å². The Labute approximate surface area is 145 Å². The van der Waals surface area contributed by atoms with Gasteiger partial charge in [0.1, 0.15) is 21.6 Å². The van der Waals surface area contributed by atoms with Crippen molar-refractivity contribution >= 4 is 10.1 Å². The number of hydrogen-bond donors (Lipinski definition) is 1. The molecule has 1 N–H and O–H groups in total. The molecule has 0 heterocycles. The standard InChI is InChI=1S/C14H14O5S.Na/c1-19-13-9-12(15)11(8-14(13)20(16,17)18)7-10-5-3-2-4-6-10;/h2-6,8-9,15H,7H2,1H3,(H,16,17,18);/q;+1/p-1. The Hall–Kier alpha value is -1.05. The molecule has 0 aromatic heterocycles. The van der Waals surface area contributed by atoms with Crippen LogP contribution in [0.25, 0.3) is 0 Å². The minimum atomic E-state index is -4.66. The maximum atomic E-state index is 11.2. The second-order valence-corrected chi connectivity index (χ2v) is 5.60. The maximum Gasteiger partial charge on any atom is 1.00 e. The fourth-order valence-corrected chi connectivity index (χ4v) is 2.58. The first-order valence-electron chi connectivity index (χ1n) is 5.81. The molecule has 106 valence electrons. The van der Waals surface area contributed by atoms with E-state index in [0.29, 0.717) is 12.0 Å². The molecule has 0 aliphatic heterocycles. The molecule has 0 amide bonds. The van der Waals surface area contributed by atoms with Gasteiger partial charge in [0, 0.05) is 12.5 Å². The molecule has 7 heteroatoms. The third kappa shape index (κ3) is 4.46. The topological polar surface area (TPSA) is 86.7 Å². The van der Waals surface area contributed by atoms with E-state index in [1.807, 2.05) is 30.3 Å². The van der Waals surface area contributed by atoms with E-state index in [1.54, 1.807) is 0 Å². The van der Waals surface area contributed by atoms with Gasteiger partial charge in [-0.2, -0.15) is 0 Å². The first-order chi connectivity index (χ1) is 9.41. The van der Waals surface area contributed by atoms with E-state index in [1.165, 1.54) is 7.11 Å². The van der Waals surface area contributed by atoms with Gasteiger partial charge in [0.05, 0.1) is 12.0 Å². The van der Waals surface area contributed by atoms with Crippen molar-refractivity contribution in [2.45, 2.75) is 11.3 Å². The summed E-state index contributed by atoms with van der Waals surface area (Å²) in [4.78, 5) is -0.469. The zero-order valence-electron chi connectivity index (χ0n) is 11.7. The zero-order chi connectivity index (χ0) is 14.8. The van der Waals surface area contributed by atoms with Gasteiger partial charge >= 0.3 is 29.6 Å². The van der Waals surface area contributed by atoms with Gasteiger partial charge in [-0.15, -0.1) is 0 Å². The quantitative estimate of drug-likeness (QED) is 0.571. The molecule has 0 unspecified atom stereocenters. The number of methoxy groups -OCH3 is 1. The monoisotopic (exact) mass is 316 g/mol. The molecule has 5 nitrogen and oxygen atoms in total. The third-order valence-electron chi connectivity index (χ3n) is 2.87. The summed E-state index contributed by atoms with van der Waals surface area (Å²) in [6.07, 6.45) is 0.319. The third-order valence-corrected chi connectivity index (χ3v) is 3.73. The van der Waals surface area contributed by atoms with Gasteiger partial charge in [-0.05, 0) is 17.2 Å². The van der Waals surface area contributed by atoms with Crippen molar-refractivity contribution in [1.29, 1.82) is 0 Å². The predicted molar refractivity (Wildman–Crippen MR) is 71.9 cm³/mol. The van der Waals surface area contributed by atoms with Crippen LogP contribution in [-0.4, -0.2) is 25.2 Å². The van der Waals surface area contributed by atoms with Gasteiger partial charge in [0.2, 0.25) is 0 Å². The Kier molecular flexibility index (Phi) is 6.24. The minimum Gasteiger partial charge on any atom is -0.744 e. The molecular formula is C14H13NaO5S. The molecule has 0 spiro atoms. The molecule has 0 fully saturated rings. The van der Waals surface area contributed by atoms with Crippen molar-refractivity contribution in [3.8, 4) is 11.5 Å². The van der Waals surface area contributed by atoms with Crippen molar-refractivity contribution in [3.63, 3.8) is 0 Å². The van der Waals surface area contributed by atoms with Gasteiger partial charge < -0.3 is 14.4 Å². The van der Waals surface area contributed by atoms with E-state index in [9.17, 15) is 18.1 Å². The minimum absolute atomic E-state index is 0. The molecule has 0 atom stereocenters. The molecule has 0 radical (unpaired) electrons. The van der Waals surface area contributed by atoms with Crippen molar-refractivity contribution in [2.75, 3.05) is 7.11 Å². The Morgan fingerprint density at radius 2 is 1.81 bits per heavy atom. The van der Waals surface area contributed by atoms with Crippen LogP contribution in [0.3, 0.4) is 0 Å². The van der Waals surface area contributed by atoms with E-state index >= 15 is 0 Å². The molecular weight excluding hydrogens is 303 g/mol. The van der Waals surface area contributed by atoms with Crippen molar-refractivity contribution in [3.05, 3.63) is 53.6 Å². The number of ether oxygens (including phenoxy) is 1. The number of phenols is 1. The summed E-state index contributed by atoms with van der Waals surface area (Å²) in [6.45, 7) is 0. The largest absolute Gasteiger partial charge is 1.00 e. The average molecular weight is 316 g/mol. The Morgan fingerprint density at radius 3 is 2.33 bits per heavy atom. The summed E-state index contributed by atoms with van der Waals surface area (Å²) in [5.41, 5.74) is 1.24. The zero-order valence-corrected chi connectivity index (χ0v) is 14.6. The fraction of sp³-hybridized carbons (Fsp3) is 0.143. The molecule has 0 saturated carbocycles. The number of phenolic OH excluding ortho intramolecular Hbond substituents is 1. The predicted octanol–water partition coefficient (Wildman–Crippen LogP) is -1.10. The van der Waals surface area contributed by atoms with Gasteiger partial charge in [-0.3, -0.25) is 0 Å². The van der Waals surface area contributed by atoms with Crippen LogP contribution in [0.15, 0.2) is 47.4 Å². The number of aromatic hydroxyl groups is 1. The Bertz CT molecular complexity index is 714. The normalized spacial score (nSPS) is 10.8. The van der Waals surface area contributed by atoms with Gasteiger partial charge in [-0.1, -0.05) is 30.3 Å². The first-order valence-corrected chi connectivity index (χ1v) is 7.22. The molecule has 2 rings (SSSR count). The number of rotatable bonds is 4. The smallest absolute Gasteiger partial charge is 0.744 e. The molecule has 21 heavy (non-hydrogen) atoms. The molecule has 2 aromatic carbocycles. The van der Waals surface area contributed by atoms with E-state index in [2.05, 4.69) is 0 Å². The van der Waals surface area contributed by atoms with Crippen LogP contribution in [0.4, 0.5) is 0 Å². The summed E-state index contributed by atoms with van der Waals surface area (Å²) < 4.78 is 38.5. The van der Waals surface area contributed by atoms with Crippen molar-refractivity contribution in [1.82, 2.24) is 0 Å². The van der Waals surface area contributed by atoms with Crippen LogP contribution >= 0.6 is 0 Å². The molecule has 0 saturated heterocycles. The van der Waals surface area contributed by atoms with Crippen molar-refractivity contribution < 1.29 is 52.4 Å². The van der Waals surface area contributed by atoms with Gasteiger partial charge in [-0.25, -0.2) is 8.42 Å². The van der Waals surface area contributed by atoms with Crippen LogP contribution in [0.5, 0.6) is 11.5 Å². The van der Waals surface area contributed by atoms with E-state index in [4.69, 9.17) is 4.74 Å². The van der Waals surface area contributed by atoms with E-state index in [-0.39, 0.29) is 41.1 Å². The van der Waals surface area contributed by atoms with Crippen LogP contribution in [0, 0.1) is 0 Å². The molecule has 2 aromatic rings. The Balaban J connectivity index is 0.00000220. The molecule has 0 bridgehead atoms.